The molecule has 1 aliphatic rings. The maximum Gasteiger partial charge on any atom is 0.358 e. The van der Waals surface area contributed by atoms with Crippen LogP contribution in [0.5, 0.6) is 0 Å². The molecule has 1 heterocycles. The van der Waals surface area contributed by atoms with E-state index in [1.165, 1.54) is 7.11 Å². The molecule has 4 heteroatoms. The maximum absolute atomic E-state index is 11.6. The van der Waals surface area contributed by atoms with Crippen LogP contribution in [0.25, 0.3) is 5.57 Å². The minimum Gasteiger partial charge on any atom is -0.464 e. The lowest BCUT2D eigenvalue weighted by Crippen LogP contribution is -2.10. The second-order valence-corrected chi connectivity index (χ2v) is 3.93. The van der Waals surface area contributed by atoms with Crippen LogP contribution in [0.1, 0.15) is 21.9 Å². The van der Waals surface area contributed by atoms with Gasteiger partial charge in [0, 0.05) is 5.57 Å². The Labute approximate surface area is 111 Å². The summed E-state index contributed by atoms with van der Waals surface area (Å²) in [5, 5.41) is 0. The summed E-state index contributed by atoms with van der Waals surface area (Å²) in [5.74, 6) is -0.474. The number of esters is 1. The summed E-state index contributed by atoms with van der Waals surface area (Å²) in [4.78, 5) is 20.1. The van der Waals surface area contributed by atoms with Gasteiger partial charge in [0.15, 0.2) is 5.69 Å². The number of nitrogens with zero attached hydrogens (tertiary/aromatic N) is 2. The number of carbonyl (C=O) groups is 1. The van der Waals surface area contributed by atoms with Crippen LogP contribution in [0.15, 0.2) is 48.7 Å². The number of rotatable bonds is 2. The van der Waals surface area contributed by atoms with Crippen LogP contribution < -0.4 is 0 Å². The van der Waals surface area contributed by atoms with Crippen molar-refractivity contribution in [3.05, 3.63) is 65.8 Å². The summed E-state index contributed by atoms with van der Waals surface area (Å²) in [6, 6.07) is 0. The first-order valence-electron chi connectivity index (χ1n) is 5.86. The second kappa shape index (κ2) is 5.91. The van der Waals surface area contributed by atoms with Gasteiger partial charge in [-0.2, -0.15) is 0 Å². The molecule has 2 rings (SSSR count). The van der Waals surface area contributed by atoms with Gasteiger partial charge >= 0.3 is 5.97 Å². The molecule has 0 saturated heterocycles. The van der Waals surface area contributed by atoms with Gasteiger partial charge in [0.25, 0.3) is 0 Å². The molecular formula is C15H14N2O2. The Balaban J connectivity index is 2.43. The molecule has 0 N–H and O–H groups in total. The van der Waals surface area contributed by atoms with Crippen molar-refractivity contribution < 1.29 is 9.53 Å². The average Bonchev–Trinajstić information content (AvgIpc) is 2.38. The second-order valence-electron chi connectivity index (χ2n) is 3.93. The summed E-state index contributed by atoms with van der Waals surface area (Å²) in [5.41, 5.74) is 2.33. The third kappa shape index (κ3) is 3.04. The molecule has 96 valence electrons. The van der Waals surface area contributed by atoms with E-state index >= 15 is 0 Å². The summed E-state index contributed by atoms with van der Waals surface area (Å²) in [6.45, 7) is 1.73. The van der Waals surface area contributed by atoms with E-state index in [0.717, 1.165) is 5.57 Å². The molecule has 0 unspecified atom stereocenters. The molecule has 0 saturated carbocycles. The highest BCUT2D eigenvalue weighted by Crippen LogP contribution is 2.16. The normalized spacial score (nSPS) is 13.7. The number of carbonyl (C=O) groups excluding carboxylic acids is 1. The van der Waals surface area contributed by atoms with Gasteiger partial charge in [-0.25, -0.2) is 9.78 Å². The molecular weight excluding hydrogens is 240 g/mol. The lowest BCUT2D eigenvalue weighted by Gasteiger charge is -2.06. The zero-order valence-electron chi connectivity index (χ0n) is 10.8. The average molecular weight is 254 g/mol. The van der Waals surface area contributed by atoms with Crippen molar-refractivity contribution in [3.63, 3.8) is 0 Å². The van der Waals surface area contributed by atoms with Crippen LogP contribution in [0.4, 0.5) is 0 Å². The fourth-order valence-electron chi connectivity index (χ4n) is 1.62. The lowest BCUT2D eigenvalue weighted by molar-refractivity contribution is 0.0592. The van der Waals surface area contributed by atoms with E-state index in [2.05, 4.69) is 9.97 Å². The first-order chi connectivity index (χ1) is 9.22. The molecule has 0 atom stereocenters. The first kappa shape index (κ1) is 13.0. The third-order valence-electron chi connectivity index (χ3n) is 2.63. The van der Waals surface area contributed by atoms with Crippen molar-refractivity contribution in [3.8, 4) is 0 Å². The molecule has 1 aliphatic carbocycles. The standard InChI is InChI=1S/C15H14N2O2/c1-11-14(15(18)19-2)17-13(10-16-11)12-8-6-4-3-5-7-9-12/h3-10H,1-2H3. The van der Waals surface area contributed by atoms with E-state index < -0.39 is 5.97 Å². The highest BCUT2D eigenvalue weighted by Gasteiger charge is 2.14. The minimum atomic E-state index is -0.474. The van der Waals surface area contributed by atoms with E-state index in [4.69, 9.17) is 4.74 Å². The fourth-order valence-corrected chi connectivity index (χ4v) is 1.62. The molecule has 0 spiro atoms. The van der Waals surface area contributed by atoms with Crippen LogP contribution in [0.3, 0.4) is 0 Å². The quantitative estimate of drug-likeness (QED) is 0.761. The predicted molar refractivity (Wildman–Crippen MR) is 73.5 cm³/mol. The highest BCUT2D eigenvalue weighted by atomic mass is 16.5. The van der Waals surface area contributed by atoms with E-state index in [1.807, 2.05) is 42.5 Å². The molecule has 19 heavy (non-hydrogen) atoms. The SMILES string of the molecule is COC(=O)c1nc(C2=CC=CC=CC=C2)cnc1C. The van der Waals surface area contributed by atoms with E-state index in [0.29, 0.717) is 11.4 Å². The van der Waals surface area contributed by atoms with Gasteiger partial charge in [-0.1, -0.05) is 42.5 Å². The Morgan fingerprint density at radius 3 is 2.68 bits per heavy atom. The molecule has 4 nitrogen and oxygen atoms in total. The van der Waals surface area contributed by atoms with Gasteiger partial charge in [-0.15, -0.1) is 0 Å². The number of aryl methyl sites for hydroxylation is 1. The summed E-state index contributed by atoms with van der Waals surface area (Å²) >= 11 is 0. The monoisotopic (exact) mass is 254 g/mol. The zero-order valence-corrected chi connectivity index (χ0v) is 10.8. The Bertz CT molecular complexity index is 611. The van der Waals surface area contributed by atoms with Crippen LogP contribution in [-0.2, 0) is 4.74 Å². The van der Waals surface area contributed by atoms with Crippen molar-refractivity contribution in [2.45, 2.75) is 6.92 Å². The van der Waals surface area contributed by atoms with Crippen molar-refractivity contribution >= 4 is 11.5 Å². The Hall–Kier alpha value is -2.49. The lowest BCUT2D eigenvalue weighted by atomic mass is 10.1. The predicted octanol–water partition coefficient (Wildman–Crippen LogP) is 2.64. The number of ether oxygens (including phenoxy) is 1. The molecule has 0 bridgehead atoms. The van der Waals surface area contributed by atoms with Gasteiger partial charge in [0.2, 0.25) is 0 Å². The van der Waals surface area contributed by atoms with E-state index in [9.17, 15) is 4.79 Å². The third-order valence-corrected chi connectivity index (χ3v) is 2.63. The number of allylic oxidation sites excluding steroid dienone is 8. The largest absolute Gasteiger partial charge is 0.464 e. The molecule has 0 radical (unpaired) electrons. The zero-order chi connectivity index (χ0) is 13.7. The number of aromatic nitrogens is 2. The summed E-state index contributed by atoms with van der Waals surface area (Å²) in [6.07, 6.45) is 15.1. The van der Waals surface area contributed by atoms with Crippen LogP contribution in [0, 0.1) is 6.92 Å². The first-order valence-corrected chi connectivity index (χ1v) is 5.86. The van der Waals surface area contributed by atoms with Crippen molar-refractivity contribution in [1.82, 2.24) is 9.97 Å². The molecule has 1 aromatic rings. The highest BCUT2D eigenvalue weighted by molar-refractivity contribution is 5.89. The van der Waals surface area contributed by atoms with Gasteiger partial charge in [0.05, 0.1) is 24.7 Å². The van der Waals surface area contributed by atoms with E-state index in [1.54, 1.807) is 13.1 Å². The van der Waals surface area contributed by atoms with Gasteiger partial charge < -0.3 is 4.74 Å². The summed E-state index contributed by atoms with van der Waals surface area (Å²) in [7, 11) is 1.33. The van der Waals surface area contributed by atoms with Gasteiger partial charge in [0.1, 0.15) is 0 Å². The number of methoxy groups -OCH3 is 1. The number of hydrogen-bond donors (Lipinski definition) is 0. The van der Waals surface area contributed by atoms with Crippen molar-refractivity contribution in [2.24, 2.45) is 0 Å². The number of hydrogen-bond acceptors (Lipinski definition) is 4. The van der Waals surface area contributed by atoms with Crippen molar-refractivity contribution in [2.75, 3.05) is 7.11 Å². The Morgan fingerprint density at radius 2 is 1.89 bits per heavy atom. The van der Waals surface area contributed by atoms with Crippen LogP contribution >= 0.6 is 0 Å². The Morgan fingerprint density at radius 1 is 1.16 bits per heavy atom. The molecule has 0 fully saturated rings. The molecule has 0 amide bonds. The van der Waals surface area contributed by atoms with E-state index in [-0.39, 0.29) is 5.69 Å². The summed E-state index contributed by atoms with van der Waals surface area (Å²) < 4.78 is 4.70. The van der Waals surface area contributed by atoms with Gasteiger partial charge in [-0.3, -0.25) is 4.98 Å². The Kier molecular flexibility index (Phi) is 4.03. The molecule has 0 aromatic carbocycles. The maximum atomic E-state index is 11.6. The van der Waals surface area contributed by atoms with Crippen LogP contribution in [0.2, 0.25) is 0 Å². The van der Waals surface area contributed by atoms with Crippen LogP contribution in [-0.4, -0.2) is 23.0 Å². The molecule has 1 aromatic heterocycles. The molecule has 0 aliphatic heterocycles. The van der Waals surface area contributed by atoms with Gasteiger partial charge in [-0.05, 0) is 6.92 Å². The smallest absolute Gasteiger partial charge is 0.358 e. The fraction of sp³-hybridized carbons (Fsp3) is 0.133. The minimum absolute atomic E-state index is 0.246. The van der Waals surface area contributed by atoms with Crippen molar-refractivity contribution in [1.29, 1.82) is 0 Å². The topological polar surface area (TPSA) is 52.1 Å².